The number of aliphatic carboxylic acids is 1. The van der Waals surface area contributed by atoms with Gasteiger partial charge in [-0.15, -0.1) is 0 Å². The van der Waals surface area contributed by atoms with Gasteiger partial charge >= 0.3 is 5.97 Å². The first kappa shape index (κ1) is 16.7. The quantitative estimate of drug-likeness (QED) is 0.858. The Balaban J connectivity index is 2.14. The lowest BCUT2D eigenvalue weighted by atomic mass is 9.98. The molecule has 0 aliphatic carbocycles. The molecule has 1 aromatic heterocycles. The highest BCUT2D eigenvalue weighted by Crippen LogP contribution is 2.16. The standard InChI is InChI=1S/C17H21N3O3/c1-12-14(11-20(19-12)13-7-5-4-6-8-13)16(23)18-17(2,3)10-9-15(21)22/h4-8,11H,9-10H2,1-3H3,(H,18,23)(H,21,22). The van der Waals surface area contributed by atoms with Crippen molar-refractivity contribution in [1.29, 1.82) is 0 Å². The Hall–Kier alpha value is -2.63. The number of carbonyl (C=O) groups excluding carboxylic acids is 1. The second-order valence-electron chi connectivity index (χ2n) is 6.14. The maximum atomic E-state index is 12.5. The Kier molecular flexibility index (Phi) is 4.83. The molecule has 2 aromatic rings. The minimum atomic E-state index is -0.875. The van der Waals surface area contributed by atoms with Crippen molar-refractivity contribution < 1.29 is 14.7 Å². The van der Waals surface area contributed by atoms with Crippen molar-refractivity contribution in [3.63, 3.8) is 0 Å². The molecule has 0 radical (unpaired) electrons. The molecule has 0 aliphatic heterocycles. The molecule has 0 fully saturated rings. The van der Waals surface area contributed by atoms with E-state index < -0.39 is 11.5 Å². The van der Waals surface area contributed by atoms with Crippen molar-refractivity contribution in [2.24, 2.45) is 0 Å². The highest BCUT2D eigenvalue weighted by Gasteiger charge is 2.24. The molecule has 0 unspecified atom stereocenters. The molecule has 0 saturated carbocycles. The van der Waals surface area contributed by atoms with E-state index in [0.29, 0.717) is 17.7 Å². The third-order valence-electron chi connectivity index (χ3n) is 3.58. The van der Waals surface area contributed by atoms with Crippen LogP contribution < -0.4 is 5.32 Å². The number of aryl methyl sites for hydroxylation is 1. The first-order chi connectivity index (χ1) is 10.8. The topological polar surface area (TPSA) is 84.2 Å². The molecule has 2 N–H and O–H groups in total. The van der Waals surface area contributed by atoms with E-state index in [1.165, 1.54) is 0 Å². The molecule has 6 heteroatoms. The molecule has 0 bridgehead atoms. The number of hydrogen-bond donors (Lipinski definition) is 2. The fourth-order valence-electron chi connectivity index (χ4n) is 2.25. The van der Waals surface area contributed by atoms with Crippen molar-refractivity contribution in [2.75, 3.05) is 0 Å². The van der Waals surface area contributed by atoms with Crippen LogP contribution in [0.3, 0.4) is 0 Å². The van der Waals surface area contributed by atoms with Gasteiger partial charge < -0.3 is 10.4 Å². The number of amides is 1. The molecule has 23 heavy (non-hydrogen) atoms. The maximum Gasteiger partial charge on any atom is 0.303 e. The molecule has 0 atom stereocenters. The normalized spacial score (nSPS) is 11.3. The van der Waals surface area contributed by atoms with E-state index in [2.05, 4.69) is 10.4 Å². The molecule has 1 aromatic carbocycles. The van der Waals surface area contributed by atoms with Gasteiger partial charge in [0.15, 0.2) is 0 Å². The van der Waals surface area contributed by atoms with Crippen LogP contribution in [-0.4, -0.2) is 32.3 Å². The average molecular weight is 315 g/mol. The van der Waals surface area contributed by atoms with Crippen LogP contribution in [0.2, 0.25) is 0 Å². The zero-order valence-electron chi connectivity index (χ0n) is 13.5. The molecule has 6 nitrogen and oxygen atoms in total. The lowest BCUT2D eigenvalue weighted by Gasteiger charge is -2.25. The molecule has 0 aliphatic rings. The number of nitrogens with zero attached hydrogens (tertiary/aromatic N) is 2. The number of nitrogens with one attached hydrogen (secondary N) is 1. The van der Waals surface area contributed by atoms with Gasteiger partial charge in [0.1, 0.15) is 0 Å². The van der Waals surface area contributed by atoms with E-state index in [1.54, 1.807) is 17.8 Å². The minimum Gasteiger partial charge on any atom is -0.481 e. The third-order valence-corrected chi connectivity index (χ3v) is 3.58. The number of carbonyl (C=O) groups is 2. The summed E-state index contributed by atoms with van der Waals surface area (Å²) >= 11 is 0. The summed E-state index contributed by atoms with van der Waals surface area (Å²) in [6, 6.07) is 9.54. The van der Waals surface area contributed by atoms with Gasteiger partial charge in [0, 0.05) is 18.2 Å². The van der Waals surface area contributed by atoms with Crippen molar-refractivity contribution in [3.05, 3.63) is 47.8 Å². The first-order valence-electron chi connectivity index (χ1n) is 7.44. The fraction of sp³-hybridized carbons (Fsp3) is 0.353. The number of benzene rings is 1. The summed E-state index contributed by atoms with van der Waals surface area (Å²) in [4.78, 5) is 23.1. The number of carboxylic acid groups (broad SMARTS) is 1. The average Bonchev–Trinajstić information content (AvgIpc) is 2.88. The van der Waals surface area contributed by atoms with Gasteiger partial charge in [-0.05, 0) is 39.3 Å². The van der Waals surface area contributed by atoms with Crippen LogP contribution in [0.15, 0.2) is 36.5 Å². The van der Waals surface area contributed by atoms with Crippen molar-refractivity contribution >= 4 is 11.9 Å². The molecular formula is C17H21N3O3. The highest BCUT2D eigenvalue weighted by atomic mass is 16.4. The summed E-state index contributed by atoms with van der Waals surface area (Å²) < 4.78 is 1.66. The van der Waals surface area contributed by atoms with Crippen LogP contribution in [0.5, 0.6) is 0 Å². The monoisotopic (exact) mass is 315 g/mol. The number of carboxylic acids is 1. The van der Waals surface area contributed by atoms with E-state index >= 15 is 0 Å². The summed E-state index contributed by atoms with van der Waals surface area (Å²) in [5.74, 6) is -1.12. The Morgan fingerprint density at radius 1 is 1.26 bits per heavy atom. The van der Waals surface area contributed by atoms with Crippen LogP contribution in [0.4, 0.5) is 0 Å². The molecule has 1 amide bonds. The molecule has 0 spiro atoms. The van der Waals surface area contributed by atoms with E-state index in [4.69, 9.17) is 5.11 Å². The minimum absolute atomic E-state index is 0.00946. The van der Waals surface area contributed by atoms with E-state index in [1.807, 2.05) is 44.2 Å². The van der Waals surface area contributed by atoms with Gasteiger partial charge in [-0.3, -0.25) is 9.59 Å². The van der Waals surface area contributed by atoms with Crippen LogP contribution >= 0.6 is 0 Å². The second-order valence-corrected chi connectivity index (χ2v) is 6.14. The molecule has 1 heterocycles. The highest BCUT2D eigenvalue weighted by molar-refractivity contribution is 5.95. The SMILES string of the molecule is Cc1nn(-c2ccccc2)cc1C(=O)NC(C)(C)CCC(=O)O. The van der Waals surface area contributed by atoms with Crippen molar-refractivity contribution in [3.8, 4) is 5.69 Å². The summed E-state index contributed by atoms with van der Waals surface area (Å²) in [6.45, 7) is 5.40. The Labute approximate surface area is 135 Å². The number of para-hydroxylation sites is 1. The zero-order chi connectivity index (χ0) is 17.0. The van der Waals surface area contributed by atoms with Crippen LogP contribution in [0.25, 0.3) is 5.69 Å². The first-order valence-corrected chi connectivity index (χ1v) is 7.44. The summed E-state index contributed by atoms with van der Waals surface area (Å²) in [5.41, 5.74) is 1.38. The predicted octanol–water partition coefficient (Wildman–Crippen LogP) is 2.55. The maximum absolute atomic E-state index is 12.5. The van der Waals surface area contributed by atoms with Crippen LogP contribution in [0.1, 0.15) is 42.7 Å². The second kappa shape index (κ2) is 6.64. The van der Waals surface area contributed by atoms with E-state index in [0.717, 1.165) is 5.69 Å². The Morgan fingerprint density at radius 2 is 1.91 bits per heavy atom. The van der Waals surface area contributed by atoms with Crippen LogP contribution in [0, 0.1) is 6.92 Å². The van der Waals surface area contributed by atoms with Gasteiger partial charge in [-0.2, -0.15) is 5.10 Å². The summed E-state index contributed by atoms with van der Waals surface area (Å²) in [5, 5.41) is 16.0. The van der Waals surface area contributed by atoms with Gasteiger partial charge in [-0.1, -0.05) is 18.2 Å². The lowest BCUT2D eigenvalue weighted by Crippen LogP contribution is -2.43. The van der Waals surface area contributed by atoms with E-state index in [-0.39, 0.29) is 12.3 Å². The molecular weight excluding hydrogens is 294 g/mol. The van der Waals surface area contributed by atoms with E-state index in [9.17, 15) is 9.59 Å². The Bertz CT molecular complexity index is 705. The zero-order valence-corrected chi connectivity index (χ0v) is 13.5. The molecule has 122 valence electrons. The Morgan fingerprint density at radius 3 is 2.52 bits per heavy atom. The van der Waals surface area contributed by atoms with Gasteiger partial charge in [0.2, 0.25) is 0 Å². The summed E-state index contributed by atoms with van der Waals surface area (Å²) in [6.07, 6.45) is 2.06. The smallest absolute Gasteiger partial charge is 0.303 e. The third kappa shape index (κ3) is 4.42. The number of hydrogen-bond acceptors (Lipinski definition) is 3. The van der Waals surface area contributed by atoms with Gasteiger partial charge in [0.05, 0.1) is 16.9 Å². The van der Waals surface area contributed by atoms with Crippen molar-refractivity contribution in [2.45, 2.75) is 39.2 Å². The largest absolute Gasteiger partial charge is 0.481 e. The van der Waals surface area contributed by atoms with Crippen molar-refractivity contribution in [1.82, 2.24) is 15.1 Å². The summed E-state index contributed by atoms with van der Waals surface area (Å²) in [7, 11) is 0. The van der Waals surface area contributed by atoms with Gasteiger partial charge in [-0.25, -0.2) is 4.68 Å². The number of rotatable bonds is 6. The molecule has 2 rings (SSSR count). The van der Waals surface area contributed by atoms with Crippen LogP contribution in [-0.2, 0) is 4.79 Å². The molecule has 0 saturated heterocycles. The fourth-order valence-corrected chi connectivity index (χ4v) is 2.25. The van der Waals surface area contributed by atoms with Gasteiger partial charge in [0.25, 0.3) is 5.91 Å². The number of aromatic nitrogens is 2. The predicted molar refractivity (Wildman–Crippen MR) is 86.7 cm³/mol. The lowest BCUT2D eigenvalue weighted by molar-refractivity contribution is -0.137.